The second-order valence-corrected chi connectivity index (χ2v) is 12.7. The molecule has 0 atom stereocenters. The number of benzene rings is 5. The number of rotatable bonds is 5. The Labute approximate surface area is 321 Å². The Morgan fingerprint density at radius 3 is 2.24 bits per heavy atom. The fourth-order valence-electron chi connectivity index (χ4n) is 6.26. The molecule has 0 aliphatic heterocycles. The Kier molecular flexibility index (Phi) is 7.33. The fraction of sp³-hybridized carbons (Fsp3) is 0.200. The summed E-state index contributed by atoms with van der Waals surface area (Å²) in [5, 5.41) is 1.37. The van der Waals surface area contributed by atoms with Crippen molar-refractivity contribution in [2.75, 3.05) is 0 Å². The molecule has 50 heavy (non-hydrogen) atoms. The van der Waals surface area contributed by atoms with Gasteiger partial charge in [-0.2, -0.15) is 0 Å². The molecule has 0 aliphatic rings. The molecule has 0 aliphatic carbocycles. The molecule has 1 radical (unpaired) electrons. The number of aryl methyl sites for hydroxylation is 3. The van der Waals surface area contributed by atoms with Crippen molar-refractivity contribution < 1.29 is 36.9 Å². The molecule has 0 unspecified atom stereocenters. The smallest absolute Gasteiger partial charge is 0.121 e. The maximum Gasteiger partial charge on any atom is 0.121 e. The van der Waals surface area contributed by atoms with Crippen molar-refractivity contribution in [1.29, 1.82) is 0 Å². The minimum atomic E-state index is -2.65. The van der Waals surface area contributed by atoms with Crippen molar-refractivity contribution in [3.05, 3.63) is 149 Å². The maximum absolute atomic E-state index is 7.75. The van der Waals surface area contributed by atoms with Gasteiger partial charge in [0, 0.05) is 49.7 Å². The first-order valence-electron chi connectivity index (χ1n) is 20.8. The van der Waals surface area contributed by atoms with Gasteiger partial charge in [-0.3, -0.25) is 4.98 Å². The third-order valence-corrected chi connectivity index (χ3v) is 8.67. The van der Waals surface area contributed by atoms with Crippen LogP contribution in [0.25, 0.3) is 61.3 Å². The molecule has 3 aromatic heterocycles. The van der Waals surface area contributed by atoms with Crippen molar-refractivity contribution in [2.24, 2.45) is 0 Å². The van der Waals surface area contributed by atoms with E-state index in [9.17, 15) is 0 Å². The minimum absolute atomic E-state index is 0. The molecule has 3 heterocycles. The predicted molar refractivity (Wildman–Crippen MR) is 204 cm³/mol. The van der Waals surface area contributed by atoms with E-state index in [1.807, 2.05) is 18.2 Å². The molecule has 8 rings (SSSR count). The number of furan rings is 1. The number of hydrogen-bond acceptors (Lipinski definition) is 3. The summed E-state index contributed by atoms with van der Waals surface area (Å²) in [5.41, 5.74) is 7.87. The van der Waals surface area contributed by atoms with Crippen LogP contribution in [0, 0.1) is 32.7 Å². The third-order valence-electron chi connectivity index (χ3n) is 8.67. The fourth-order valence-corrected chi connectivity index (χ4v) is 6.26. The summed E-state index contributed by atoms with van der Waals surface area (Å²) >= 11 is 0. The average Bonchev–Trinajstić information content (AvgIpc) is 3.75. The topological polar surface area (TPSA) is 43.9 Å². The van der Waals surface area contributed by atoms with Gasteiger partial charge in [-0.1, -0.05) is 92.7 Å². The first-order valence-corrected chi connectivity index (χ1v) is 16.3. The van der Waals surface area contributed by atoms with Crippen molar-refractivity contribution >= 4 is 33.0 Å². The van der Waals surface area contributed by atoms with Gasteiger partial charge in [0.05, 0.1) is 22.4 Å². The summed E-state index contributed by atoms with van der Waals surface area (Å²) in [6, 6.07) is 38.7. The maximum atomic E-state index is 7.75. The van der Waals surface area contributed by atoms with Crippen LogP contribution in [0.1, 0.15) is 79.7 Å². The quantitative estimate of drug-likeness (QED) is 0.162. The molecule has 0 amide bonds. The molecule has 0 spiro atoms. The van der Waals surface area contributed by atoms with Crippen LogP contribution in [0.3, 0.4) is 0 Å². The van der Waals surface area contributed by atoms with Gasteiger partial charge in [0.25, 0.3) is 0 Å². The number of fused-ring (bicyclic) bond motifs is 4. The summed E-state index contributed by atoms with van der Waals surface area (Å²) in [6.07, 6.45) is 1.05. The Bertz CT molecular complexity index is 2740. The normalized spacial score (nSPS) is 14.7. The van der Waals surface area contributed by atoms with Crippen LogP contribution in [0.4, 0.5) is 0 Å². The molecule has 5 heteroatoms. The van der Waals surface area contributed by atoms with E-state index in [-0.39, 0.29) is 42.5 Å². The first-order chi connectivity index (χ1) is 27.3. The number of para-hydroxylation sites is 3. The van der Waals surface area contributed by atoms with Crippen molar-refractivity contribution in [2.45, 2.75) is 60.1 Å². The Balaban J connectivity index is 0.000000197. The minimum Gasteiger partial charge on any atom is -0.501 e. The van der Waals surface area contributed by atoms with E-state index in [1.165, 1.54) is 35.0 Å². The molecule has 4 nitrogen and oxygen atoms in total. The zero-order chi connectivity index (χ0) is 41.7. The standard InChI is InChI=1S/C25H25N2.C20H16NO.Ir/c1-17(2)20-13-10-14-21(18(3)4)24(20)27-23-16-9-8-15-22(23)26-25(27)19-11-6-5-7-12-19;1-12-7-8-15-16-5-4-6-17(20(16)22-19(15)9-12)18-10-13(2)14(3)11-21-18;/h5-11,13-18H,1-4H3;4-5,7-11H,1-3H3;/q2*-1;/i;1D3,2D3,3D3;. The first kappa shape index (κ1) is 25.2. The van der Waals surface area contributed by atoms with Gasteiger partial charge in [0.2, 0.25) is 0 Å². The van der Waals surface area contributed by atoms with Crippen LogP contribution < -0.4 is 0 Å². The number of pyridine rings is 1. The molecule has 0 bridgehead atoms. The number of hydrogen-bond donors (Lipinski definition) is 0. The van der Waals surface area contributed by atoms with Crippen molar-refractivity contribution in [3.8, 4) is 28.3 Å². The van der Waals surface area contributed by atoms with Gasteiger partial charge in [-0.05, 0) is 78.5 Å². The average molecular weight is 841 g/mol. The summed E-state index contributed by atoms with van der Waals surface area (Å²) in [7, 11) is 0. The SMILES string of the molecule is CC(C)c1cccc(C(C)C)c1-n1c(-c2[c-]cccc2)nc2ccccc21.[2H]C([2H])([2H])c1ccc2c(c1)oc1c(-c3cc(C([2H])([2H])[2H])c(C([2H])([2H])[2H])cn3)[c-]ccc12.[Ir]. The molecule has 0 saturated carbocycles. The van der Waals surface area contributed by atoms with Crippen LogP contribution in [-0.4, -0.2) is 14.5 Å². The number of nitrogens with zero attached hydrogens (tertiary/aromatic N) is 3. The second kappa shape index (κ2) is 14.6. The molecular formula is C45H41IrN3O-2. The Hall–Kier alpha value is -4.83. The van der Waals surface area contributed by atoms with E-state index >= 15 is 0 Å². The summed E-state index contributed by atoms with van der Waals surface area (Å²) in [6.45, 7) is 1.47. The van der Waals surface area contributed by atoms with Gasteiger partial charge in [-0.15, -0.1) is 54.1 Å². The molecule has 0 N–H and O–H groups in total. The van der Waals surface area contributed by atoms with Crippen molar-refractivity contribution in [1.82, 2.24) is 14.5 Å². The molecular weight excluding hydrogens is 791 g/mol. The van der Waals surface area contributed by atoms with E-state index in [4.69, 9.17) is 21.7 Å². The molecule has 5 aromatic carbocycles. The number of aromatic nitrogens is 3. The third kappa shape index (κ3) is 6.56. The zero-order valence-corrected chi connectivity index (χ0v) is 30.5. The van der Waals surface area contributed by atoms with E-state index in [0.717, 1.165) is 28.6 Å². The van der Waals surface area contributed by atoms with E-state index in [2.05, 4.69) is 97.9 Å². The molecule has 8 aromatic rings. The molecule has 253 valence electrons. The van der Waals surface area contributed by atoms with Gasteiger partial charge >= 0.3 is 0 Å². The van der Waals surface area contributed by atoms with Gasteiger partial charge in [-0.25, -0.2) is 0 Å². The van der Waals surface area contributed by atoms with Crippen LogP contribution in [0.5, 0.6) is 0 Å². The second-order valence-electron chi connectivity index (χ2n) is 12.7. The van der Waals surface area contributed by atoms with Gasteiger partial charge < -0.3 is 14.0 Å². The van der Waals surface area contributed by atoms with Crippen LogP contribution >= 0.6 is 0 Å². The Morgan fingerprint density at radius 1 is 0.740 bits per heavy atom. The zero-order valence-electron chi connectivity index (χ0n) is 37.1. The Morgan fingerprint density at radius 2 is 1.52 bits per heavy atom. The van der Waals surface area contributed by atoms with Gasteiger partial charge in [0.15, 0.2) is 0 Å². The van der Waals surface area contributed by atoms with E-state index in [1.54, 1.807) is 18.2 Å². The summed E-state index contributed by atoms with van der Waals surface area (Å²) < 4.78 is 77.1. The predicted octanol–water partition coefficient (Wildman–Crippen LogP) is 12.1. The molecule has 0 saturated heterocycles. The van der Waals surface area contributed by atoms with E-state index in [0.29, 0.717) is 39.3 Å². The van der Waals surface area contributed by atoms with Crippen LogP contribution in [0.15, 0.2) is 114 Å². The summed E-state index contributed by atoms with van der Waals surface area (Å²) in [4.78, 5) is 9.17. The van der Waals surface area contributed by atoms with Crippen LogP contribution in [-0.2, 0) is 20.1 Å². The summed E-state index contributed by atoms with van der Waals surface area (Å²) in [5.74, 6) is 1.80. The monoisotopic (exact) mass is 841 g/mol. The largest absolute Gasteiger partial charge is 0.501 e. The number of imidazole rings is 1. The van der Waals surface area contributed by atoms with E-state index < -0.39 is 20.6 Å². The van der Waals surface area contributed by atoms with Crippen LogP contribution in [0.2, 0.25) is 0 Å². The van der Waals surface area contributed by atoms with Gasteiger partial charge in [0.1, 0.15) is 5.58 Å². The van der Waals surface area contributed by atoms with Crippen molar-refractivity contribution in [3.63, 3.8) is 0 Å². The molecule has 0 fully saturated rings.